The van der Waals surface area contributed by atoms with Gasteiger partial charge in [-0.2, -0.15) is 0 Å². The normalized spacial score (nSPS) is 14.5. The number of nitrogens with zero attached hydrogens (tertiary/aromatic N) is 3. The first-order valence-corrected chi connectivity index (χ1v) is 5.48. The van der Waals surface area contributed by atoms with Gasteiger partial charge < -0.3 is 10.2 Å². The number of aromatic nitrogens is 3. The maximum atomic E-state index is 11.6. The zero-order chi connectivity index (χ0) is 12.4. The molecule has 0 spiro atoms. The second-order valence-corrected chi connectivity index (χ2v) is 4.29. The van der Waals surface area contributed by atoms with Gasteiger partial charge in [0.15, 0.2) is 0 Å². The predicted molar refractivity (Wildman–Crippen MR) is 59.4 cm³/mol. The summed E-state index contributed by atoms with van der Waals surface area (Å²) in [6.45, 7) is -0.0425. The van der Waals surface area contributed by atoms with E-state index in [1.165, 1.54) is 4.90 Å². The van der Waals surface area contributed by atoms with Crippen molar-refractivity contribution in [1.82, 2.24) is 25.4 Å². The highest BCUT2D eigenvalue weighted by atomic mass is 16.2. The van der Waals surface area contributed by atoms with Crippen molar-refractivity contribution >= 4 is 11.8 Å². The van der Waals surface area contributed by atoms with Crippen LogP contribution in [-0.4, -0.2) is 52.5 Å². The minimum Gasteiger partial charge on any atom is -0.347 e. The first kappa shape index (κ1) is 11.6. The second kappa shape index (κ2) is 4.52. The van der Waals surface area contributed by atoms with Crippen molar-refractivity contribution in [3.8, 4) is 0 Å². The molecule has 0 radical (unpaired) electrons. The molecule has 1 aromatic rings. The van der Waals surface area contributed by atoms with Crippen molar-refractivity contribution in [3.05, 3.63) is 11.6 Å². The minimum atomic E-state index is -0.427. The molecule has 2 amide bonds. The average Bonchev–Trinajstić information content (AvgIpc) is 3.03. The minimum absolute atomic E-state index is 0.0425. The fourth-order valence-electron chi connectivity index (χ4n) is 1.31. The lowest BCUT2D eigenvalue weighted by molar-refractivity contribution is -0.127. The smallest absolute Gasteiger partial charge is 0.291 e. The number of carbonyl (C=O) groups excluding carboxylic acids is 2. The lowest BCUT2D eigenvalue weighted by Gasteiger charge is -2.09. The fraction of sp³-hybridized carbons (Fsp3) is 0.600. The zero-order valence-corrected chi connectivity index (χ0v) is 9.86. The summed E-state index contributed by atoms with van der Waals surface area (Å²) in [5, 5.41) is 9.05. The molecule has 7 heteroatoms. The molecule has 1 aliphatic rings. The van der Waals surface area contributed by atoms with Crippen molar-refractivity contribution < 1.29 is 9.59 Å². The molecule has 7 nitrogen and oxygen atoms in total. The van der Waals surface area contributed by atoms with Gasteiger partial charge in [0.1, 0.15) is 5.82 Å². The summed E-state index contributed by atoms with van der Waals surface area (Å²) in [7, 11) is 3.26. The van der Waals surface area contributed by atoms with Crippen LogP contribution >= 0.6 is 0 Å². The van der Waals surface area contributed by atoms with Crippen LogP contribution in [0.1, 0.15) is 35.2 Å². The molecule has 1 aliphatic carbocycles. The van der Waals surface area contributed by atoms with E-state index < -0.39 is 5.91 Å². The monoisotopic (exact) mass is 237 g/mol. The highest BCUT2D eigenvalue weighted by Gasteiger charge is 2.28. The van der Waals surface area contributed by atoms with Gasteiger partial charge in [0.05, 0.1) is 6.54 Å². The molecular formula is C10H15N5O2. The Morgan fingerprint density at radius 1 is 1.47 bits per heavy atom. The Hall–Kier alpha value is -1.92. The summed E-state index contributed by atoms with van der Waals surface area (Å²) in [6, 6.07) is 0. The van der Waals surface area contributed by atoms with Gasteiger partial charge in [-0.3, -0.25) is 14.7 Å². The van der Waals surface area contributed by atoms with E-state index in [0.717, 1.165) is 18.7 Å². The van der Waals surface area contributed by atoms with E-state index in [0.29, 0.717) is 5.92 Å². The van der Waals surface area contributed by atoms with Crippen LogP contribution in [0.4, 0.5) is 0 Å². The van der Waals surface area contributed by atoms with Crippen LogP contribution in [0, 0.1) is 0 Å². The molecule has 17 heavy (non-hydrogen) atoms. The van der Waals surface area contributed by atoms with Gasteiger partial charge in [-0.15, -0.1) is 5.10 Å². The molecule has 1 aromatic heterocycles. The number of amides is 2. The van der Waals surface area contributed by atoms with E-state index in [9.17, 15) is 9.59 Å². The number of hydrogen-bond donors (Lipinski definition) is 2. The van der Waals surface area contributed by atoms with Crippen LogP contribution in [0.25, 0.3) is 0 Å². The third kappa shape index (κ3) is 2.80. The molecular weight excluding hydrogens is 222 g/mol. The van der Waals surface area contributed by atoms with Crippen molar-refractivity contribution in [1.29, 1.82) is 0 Å². The highest BCUT2D eigenvalue weighted by Crippen LogP contribution is 2.37. The number of aromatic amines is 1. The van der Waals surface area contributed by atoms with Gasteiger partial charge >= 0.3 is 0 Å². The summed E-state index contributed by atoms with van der Waals surface area (Å²) >= 11 is 0. The molecule has 1 fully saturated rings. The van der Waals surface area contributed by atoms with Gasteiger partial charge in [0.2, 0.25) is 11.7 Å². The summed E-state index contributed by atoms with van der Waals surface area (Å²) in [6.07, 6.45) is 2.19. The van der Waals surface area contributed by atoms with Crippen molar-refractivity contribution in [2.45, 2.75) is 18.8 Å². The van der Waals surface area contributed by atoms with Crippen molar-refractivity contribution in [2.75, 3.05) is 20.6 Å². The Morgan fingerprint density at radius 2 is 2.18 bits per heavy atom. The standard InChI is InChI=1S/C10H15N5O2/c1-15(2)7(16)5-11-10(17)9-12-8(13-14-9)6-3-4-6/h6H,3-5H2,1-2H3,(H,11,17)(H,12,13,14). The van der Waals surface area contributed by atoms with E-state index in [-0.39, 0.29) is 18.3 Å². The maximum absolute atomic E-state index is 11.6. The Balaban J connectivity index is 1.88. The largest absolute Gasteiger partial charge is 0.347 e. The molecule has 0 aromatic carbocycles. The predicted octanol–water partition coefficient (Wildman–Crippen LogP) is -0.500. The topological polar surface area (TPSA) is 91.0 Å². The van der Waals surface area contributed by atoms with E-state index in [1.807, 2.05) is 0 Å². The van der Waals surface area contributed by atoms with E-state index >= 15 is 0 Å². The van der Waals surface area contributed by atoms with Crippen molar-refractivity contribution in [2.24, 2.45) is 0 Å². The number of hydrogen-bond acceptors (Lipinski definition) is 4. The summed E-state index contributed by atoms with van der Waals surface area (Å²) in [4.78, 5) is 28.4. The Kier molecular flexibility index (Phi) is 3.08. The third-order valence-electron chi connectivity index (χ3n) is 2.57. The third-order valence-corrected chi connectivity index (χ3v) is 2.57. The molecule has 1 heterocycles. The number of nitrogens with one attached hydrogen (secondary N) is 2. The molecule has 0 unspecified atom stereocenters. The zero-order valence-electron chi connectivity index (χ0n) is 9.86. The summed E-state index contributed by atoms with van der Waals surface area (Å²) < 4.78 is 0. The number of carbonyl (C=O) groups is 2. The van der Waals surface area contributed by atoms with Crippen LogP contribution in [0.5, 0.6) is 0 Å². The highest BCUT2D eigenvalue weighted by molar-refractivity contribution is 5.93. The van der Waals surface area contributed by atoms with Gasteiger partial charge in [-0.25, -0.2) is 4.98 Å². The number of H-pyrrole nitrogens is 1. The molecule has 2 rings (SSSR count). The number of likely N-dealkylation sites (N-methyl/N-ethyl adjacent to an activating group) is 1. The molecule has 0 saturated heterocycles. The lowest BCUT2D eigenvalue weighted by Crippen LogP contribution is -2.36. The molecule has 0 aliphatic heterocycles. The van der Waals surface area contributed by atoms with Gasteiger partial charge in [-0.05, 0) is 12.8 Å². The van der Waals surface area contributed by atoms with Crippen LogP contribution < -0.4 is 5.32 Å². The average molecular weight is 237 g/mol. The number of rotatable bonds is 4. The Bertz CT molecular complexity index is 436. The van der Waals surface area contributed by atoms with Gasteiger partial charge in [0, 0.05) is 20.0 Å². The van der Waals surface area contributed by atoms with E-state index in [4.69, 9.17) is 0 Å². The van der Waals surface area contributed by atoms with Crippen LogP contribution in [0.15, 0.2) is 0 Å². The van der Waals surface area contributed by atoms with Gasteiger partial charge in [0.25, 0.3) is 5.91 Å². The first-order chi connectivity index (χ1) is 8.08. The first-order valence-electron chi connectivity index (χ1n) is 5.48. The second-order valence-electron chi connectivity index (χ2n) is 4.29. The fourth-order valence-corrected chi connectivity index (χ4v) is 1.31. The van der Waals surface area contributed by atoms with Crippen LogP contribution in [0.2, 0.25) is 0 Å². The summed E-state index contributed by atoms with van der Waals surface area (Å²) in [5.74, 6) is 0.680. The maximum Gasteiger partial charge on any atom is 0.291 e. The van der Waals surface area contributed by atoms with E-state index in [2.05, 4.69) is 20.5 Å². The molecule has 0 atom stereocenters. The summed E-state index contributed by atoms with van der Waals surface area (Å²) in [5.41, 5.74) is 0. The molecule has 0 bridgehead atoms. The molecule has 1 saturated carbocycles. The van der Waals surface area contributed by atoms with E-state index in [1.54, 1.807) is 14.1 Å². The molecule has 2 N–H and O–H groups in total. The van der Waals surface area contributed by atoms with Crippen LogP contribution in [-0.2, 0) is 4.79 Å². The molecule has 92 valence electrons. The Labute approximate surface area is 98.6 Å². The van der Waals surface area contributed by atoms with Crippen molar-refractivity contribution in [3.63, 3.8) is 0 Å². The SMILES string of the molecule is CN(C)C(=O)CNC(=O)c1n[nH]c(C2CC2)n1. The Morgan fingerprint density at radius 3 is 2.76 bits per heavy atom. The quantitative estimate of drug-likeness (QED) is 0.738. The lowest BCUT2D eigenvalue weighted by atomic mass is 10.4. The van der Waals surface area contributed by atoms with Gasteiger partial charge in [-0.1, -0.05) is 0 Å². The van der Waals surface area contributed by atoms with Crippen LogP contribution in [0.3, 0.4) is 0 Å².